The standard InChI is InChI=1S/C31H32N4O3.C2H6/c1-3-9-25(38-30-17-16-23(18-32)19-34-30)11-5-4-10-22(2)33-20-24(36)21-37-29-15-8-14-28-31(29)26-12-6-7-13-27(26)35-28;1-2/h1,5-7,9,11-13,15-17,19,22,24,33,35-36H,4,8,10,14,20-21H2,2H3;1-2H3/b11-5-,25-9+;/t22-,24+;/m1./s1. The summed E-state index contributed by atoms with van der Waals surface area (Å²) in [5.41, 5.74) is 3.88. The third-order valence-electron chi connectivity index (χ3n) is 6.25. The second kappa shape index (κ2) is 16.0. The number of para-hydroxylation sites is 1. The lowest BCUT2D eigenvalue weighted by Crippen LogP contribution is -2.35. The van der Waals surface area contributed by atoms with E-state index < -0.39 is 6.10 Å². The van der Waals surface area contributed by atoms with Crippen molar-refractivity contribution in [3.05, 3.63) is 89.5 Å². The van der Waals surface area contributed by atoms with Gasteiger partial charge in [0.1, 0.15) is 30.3 Å². The smallest absolute Gasteiger partial charge is 0.219 e. The Kier molecular flexibility index (Phi) is 12.1. The predicted octanol–water partition coefficient (Wildman–Crippen LogP) is 6.04. The third kappa shape index (κ3) is 8.61. The van der Waals surface area contributed by atoms with Crippen LogP contribution in [0.1, 0.15) is 56.9 Å². The van der Waals surface area contributed by atoms with Gasteiger partial charge in [-0.25, -0.2) is 4.98 Å². The molecule has 0 saturated heterocycles. The monoisotopic (exact) mass is 538 g/mol. The summed E-state index contributed by atoms with van der Waals surface area (Å²) in [6, 6.07) is 13.7. The fraction of sp³-hybridized carbons (Fsp3) is 0.333. The molecule has 0 unspecified atom stereocenters. The van der Waals surface area contributed by atoms with Gasteiger partial charge >= 0.3 is 0 Å². The van der Waals surface area contributed by atoms with Gasteiger partial charge in [0, 0.05) is 53.1 Å². The van der Waals surface area contributed by atoms with E-state index >= 15 is 0 Å². The zero-order valence-corrected chi connectivity index (χ0v) is 23.5. The molecule has 0 fully saturated rings. The number of pyridine rings is 1. The maximum absolute atomic E-state index is 10.5. The molecule has 0 spiro atoms. The number of aromatic amines is 1. The van der Waals surface area contributed by atoms with Crippen molar-refractivity contribution in [2.75, 3.05) is 13.2 Å². The van der Waals surface area contributed by atoms with E-state index in [1.807, 2.05) is 44.2 Å². The van der Waals surface area contributed by atoms with Gasteiger partial charge in [-0.15, -0.1) is 6.42 Å². The third-order valence-corrected chi connectivity index (χ3v) is 6.25. The summed E-state index contributed by atoms with van der Waals surface area (Å²) in [6.07, 6.45) is 17.2. The number of ether oxygens (including phenoxy) is 2. The van der Waals surface area contributed by atoms with Crippen molar-refractivity contribution in [1.82, 2.24) is 15.3 Å². The van der Waals surface area contributed by atoms with E-state index in [1.165, 1.54) is 18.0 Å². The van der Waals surface area contributed by atoms with Crippen LogP contribution in [-0.4, -0.2) is 40.4 Å². The summed E-state index contributed by atoms with van der Waals surface area (Å²) in [4.78, 5) is 7.59. The number of fused-ring (bicyclic) bond motifs is 3. The van der Waals surface area contributed by atoms with Crippen LogP contribution >= 0.6 is 0 Å². The Morgan fingerprint density at radius 3 is 2.85 bits per heavy atom. The fourth-order valence-electron chi connectivity index (χ4n) is 4.30. The highest BCUT2D eigenvalue weighted by atomic mass is 16.5. The first kappa shape index (κ1) is 30.2. The normalized spacial score (nSPS) is 14.2. The van der Waals surface area contributed by atoms with E-state index in [0.29, 0.717) is 23.7 Å². The van der Waals surface area contributed by atoms with E-state index in [9.17, 15) is 5.11 Å². The number of benzene rings is 1. The molecule has 4 rings (SSSR count). The van der Waals surface area contributed by atoms with E-state index in [0.717, 1.165) is 47.9 Å². The van der Waals surface area contributed by atoms with Crippen LogP contribution < -0.4 is 10.1 Å². The van der Waals surface area contributed by atoms with Gasteiger partial charge < -0.3 is 24.9 Å². The maximum atomic E-state index is 10.5. The fourth-order valence-corrected chi connectivity index (χ4v) is 4.30. The van der Waals surface area contributed by atoms with Crippen molar-refractivity contribution in [2.45, 2.75) is 58.6 Å². The Morgan fingerprint density at radius 1 is 1.27 bits per heavy atom. The minimum atomic E-state index is -0.622. The molecule has 2 aromatic heterocycles. The highest BCUT2D eigenvalue weighted by Crippen LogP contribution is 2.33. The number of aromatic nitrogens is 2. The summed E-state index contributed by atoms with van der Waals surface area (Å²) in [6.45, 7) is 6.75. The molecular formula is C33H38N4O3. The molecule has 208 valence electrons. The Bertz CT molecular complexity index is 1400. The van der Waals surface area contributed by atoms with E-state index in [-0.39, 0.29) is 12.6 Å². The number of rotatable bonds is 12. The van der Waals surface area contributed by atoms with Gasteiger partial charge in [0.05, 0.1) is 5.56 Å². The van der Waals surface area contributed by atoms with Crippen molar-refractivity contribution in [1.29, 1.82) is 5.26 Å². The molecule has 2 heterocycles. The van der Waals surface area contributed by atoms with Gasteiger partial charge in [-0.1, -0.05) is 44.0 Å². The number of H-pyrrole nitrogens is 1. The Balaban J connectivity index is 0.00000216. The zero-order valence-electron chi connectivity index (χ0n) is 23.5. The number of aryl methyl sites for hydroxylation is 1. The number of nitrogens with zero attached hydrogens (tertiary/aromatic N) is 2. The number of hydrogen-bond donors (Lipinski definition) is 3. The molecule has 2 atom stereocenters. The minimum absolute atomic E-state index is 0.199. The predicted molar refractivity (Wildman–Crippen MR) is 160 cm³/mol. The lowest BCUT2D eigenvalue weighted by atomic mass is 10.0. The number of aliphatic hydroxyl groups excluding tert-OH is 1. The second-order valence-electron chi connectivity index (χ2n) is 9.20. The number of nitrogens with one attached hydrogen (secondary N) is 2. The molecule has 0 amide bonds. The highest BCUT2D eigenvalue weighted by Gasteiger charge is 2.20. The van der Waals surface area contributed by atoms with Crippen molar-refractivity contribution in [2.24, 2.45) is 0 Å². The number of allylic oxidation sites excluding steroid dienone is 4. The molecule has 3 N–H and O–H groups in total. The average molecular weight is 539 g/mol. The molecule has 1 aliphatic carbocycles. The largest absolute Gasteiger partial charge is 0.490 e. The maximum Gasteiger partial charge on any atom is 0.219 e. The van der Waals surface area contributed by atoms with Crippen molar-refractivity contribution in [3.8, 4) is 24.3 Å². The van der Waals surface area contributed by atoms with Crippen LogP contribution in [0.3, 0.4) is 0 Å². The summed E-state index contributed by atoms with van der Waals surface area (Å²) in [5.74, 6) is 4.17. The number of hydrogen-bond acceptors (Lipinski definition) is 6. The van der Waals surface area contributed by atoms with E-state index in [4.69, 9.17) is 21.2 Å². The molecule has 7 heteroatoms. The number of terminal acetylenes is 1. The molecule has 1 aromatic carbocycles. The molecule has 40 heavy (non-hydrogen) atoms. The zero-order chi connectivity index (χ0) is 28.7. The topological polar surface area (TPSA) is 103 Å². The van der Waals surface area contributed by atoms with Gasteiger partial charge in [0.25, 0.3) is 0 Å². The Labute approximate surface area is 237 Å². The molecule has 0 bridgehead atoms. The first-order valence-electron chi connectivity index (χ1n) is 13.8. The average Bonchev–Trinajstić information content (AvgIpc) is 3.38. The molecule has 0 saturated carbocycles. The van der Waals surface area contributed by atoms with Gasteiger partial charge in [-0.05, 0) is 56.9 Å². The van der Waals surface area contributed by atoms with Crippen molar-refractivity contribution >= 4 is 16.7 Å². The number of nitriles is 1. The molecule has 0 radical (unpaired) electrons. The lowest BCUT2D eigenvalue weighted by Gasteiger charge is -2.20. The van der Waals surface area contributed by atoms with Gasteiger partial charge in [-0.2, -0.15) is 5.26 Å². The van der Waals surface area contributed by atoms with Crippen LogP contribution in [0.5, 0.6) is 5.88 Å². The van der Waals surface area contributed by atoms with Crippen LogP contribution in [-0.2, 0) is 11.2 Å². The summed E-state index contributed by atoms with van der Waals surface area (Å²) in [7, 11) is 0. The minimum Gasteiger partial charge on any atom is -0.490 e. The highest BCUT2D eigenvalue weighted by molar-refractivity contribution is 5.93. The van der Waals surface area contributed by atoms with Crippen LogP contribution in [0.15, 0.2) is 72.7 Å². The lowest BCUT2D eigenvalue weighted by molar-refractivity contribution is 0.0902. The van der Waals surface area contributed by atoms with E-state index in [2.05, 4.69) is 46.3 Å². The SMILES string of the molecule is C#C/C=C(\C=C/CC[C@@H](C)NC[C@H](O)COC1=CCCc2[nH]c3ccccc3c21)Oc1ccc(C#N)cn1.CC. The van der Waals surface area contributed by atoms with Gasteiger partial charge in [0.15, 0.2) is 0 Å². The number of aliphatic hydroxyl groups is 1. The molecule has 3 aromatic rings. The molecule has 7 nitrogen and oxygen atoms in total. The van der Waals surface area contributed by atoms with Crippen molar-refractivity contribution in [3.63, 3.8) is 0 Å². The van der Waals surface area contributed by atoms with Crippen LogP contribution in [0.2, 0.25) is 0 Å². The van der Waals surface area contributed by atoms with E-state index in [1.54, 1.807) is 12.1 Å². The molecule has 0 aliphatic heterocycles. The second-order valence-corrected chi connectivity index (χ2v) is 9.20. The van der Waals surface area contributed by atoms with Crippen LogP contribution in [0.25, 0.3) is 16.7 Å². The summed E-state index contributed by atoms with van der Waals surface area (Å²) >= 11 is 0. The molecule has 1 aliphatic rings. The summed E-state index contributed by atoms with van der Waals surface area (Å²) in [5, 5.41) is 23.9. The van der Waals surface area contributed by atoms with Crippen LogP contribution in [0.4, 0.5) is 0 Å². The first-order chi connectivity index (χ1) is 19.6. The quantitative estimate of drug-likeness (QED) is 0.148. The van der Waals surface area contributed by atoms with Gasteiger partial charge in [-0.3, -0.25) is 0 Å². The Morgan fingerprint density at radius 2 is 2.10 bits per heavy atom. The molecular weight excluding hydrogens is 500 g/mol. The van der Waals surface area contributed by atoms with Crippen LogP contribution in [0, 0.1) is 23.7 Å². The Hall–Kier alpha value is -4.30. The first-order valence-corrected chi connectivity index (χ1v) is 13.8. The van der Waals surface area contributed by atoms with Crippen molar-refractivity contribution < 1.29 is 14.6 Å². The summed E-state index contributed by atoms with van der Waals surface area (Å²) < 4.78 is 11.8. The van der Waals surface area contributed by atoms with Gasteiger partial charge in [0.2, 0.25) is 5.88 Å².